The Labute approximate surface area is 148 Å². The molecule has 1 aliphatic carbocycles. The van der Waals surface area contributed by atoms with Gasteiger partial charge >= 0.3 is 0 Å². The third-order valence-electron chi connectivity index (χ3n) is 4.03. The van der Waals surface area contributed by atoms with Crippen molar-refractivity contribution in [2.45, 2.75) is 52.0 Å². The van der Waals surface area contributed by atoms with Gasteiger partial charge in [0.2, 0.25) is 17.7 Å². The molecule has 0 heterocycles. The van der Waals surface area contributed by atoms with Crippen LogP contribution in [0.1, 0.15) is 51.0 Å². The minimum atomic E-state index is -0.0269. The summed E-state index contributed by atoms with van der Waals surface area (Å²) in [7, 11) is 0. The van der Waals surface area contributed by atoms with Gasteiger partial charge in [-0.25, -0.2) is 0 Å². The van der Waals surface area contributed by atoms with Gasteiger partial charge in [-0.05, 0) is 43.4 Å². The second-order valence-corrected chi connectivity index (χ2v) is 6.44. The summed E-state index contributed by atoms with van der Waals surface area (Å²) < 4.78 is 0. The Hall–Kier alpha value is -2.37. The lowest BCUT2D eigenvalue weighted by Crippen LogP contribution is -2.28. The highest BCUT2D eigenvalue weighted by molar-refractivity contribution is 5.90. The van der Waals surface area contributed by atoms with Crippen LogP contribution < -0.4 is 16.0 Å². The summed E-state index contributed by atoms with van der Waals surface area (Å²) in [5, 5.41) is 8.54. The topological polar surface area (TPSA) is 87.3 Å². The Morgan fingerprint density at radius 1 is 1.00 bits per heavy atom. The van der Waals surface area contributed by atoms with Crippen molar-refractivity contribution >= 4 is 23.4 Å². The molecule has 0 atom stereocenters. The lowest BCUT2D eigenvalue weighted by molar-refractivity contribution is -0.123. The van der Waals surface area contributed by atoms with Crippen LogP contribution in [-0.4, -0.2) is 24.3 Å². The van der Waals surface area contributed by atoms with Crippen LogP contribution in [0.25, 0.3) is 0 Å². The molecule has 1 aliphatic rings. The van der Waals surface area contributed by atoms with Crippen molar-refractivity contribution < 1.29 is 14.4 Å². The predicted octanol–water partition coefficient (Wildman–Crippen LogP) is 2.35. The fourth-order valence-electron chi connectivity index (χ4n) is 2.40. The van der Waals surface area contributed by atoms with Crippen molar-refractivity contribution in [1.82, 2.24) is 10.6 Å². The summed E-state index contributed by atoms with van der Waals surface area (Å²) in [6.07, 6.45) is 4.36. The summed E-state index contributed by atoms with van der Waals surface area (Å²) in [5.74, 6) is 0.313. The summed E-state index contributed by atoms with van der Waals surface area (Å²) in [6.45, 7) is 2.97. The number of amides is 3. The molecule has 0 aliphatic heterocycles. The molecule has 25 heavy (non-hydrogen) atoms. The van der Waals surface area contributed by atoms with Gasteiger partial charge in [0.05, 0.1) is 0 Å². The molecule has 1 saturated carbocycles. The van der Waals surface area contributed by atoms with Crippen molar-refractivity contribution in [3.63, 3.8) is 0 Å². The van der Waals surface area contributed by atoms with E-state index in [1.165, 1.54) is 0 Å². The molecule has 2 rings (SSSR count). The van der Waals surface area contributed by atoms with Crippen LogP contribution in [0.15, 0.2) is 24.3 Å². The first-order chi connectivity index (χ1) is 12.1. The third-order valence-corrected chi connectivity index (χ3v) is 4.03. The zero-order valence-electron chi connectivity index (χ0n) is 14.8. The van der Waals surface area contributed by atoms with Gasteiger partial charge in [-0.3, -0.25) is 14.4 Å². The van der Waals surface area contributed by atoms with E-state index in [9.17, 15) is 14.4 Å². The summed E-state index contributed by atoms with van der Waals surface area (Å²) in [5.41, 5.74) is 1.74. The Balaban J connectivity index is 1.60. The van der Waals surface area contributed by atoms with Crippen LogP contribution in [0.3, 0.4) is 0 Å². The fraction of sp³-hybridized carbons (Fsp3) is 0.526. The van der Waals surface area contributed by atoms with Crippen LogP contribution in [0.2, 0.25) is 0 Å². The molecular weight excluding hydrogens is 318 g/mol. The second kappa shape index (κ2) is 9.81. The van der Waals surface area contributed by atoms with Gasteiger partial charge in [0.1, 0.15) is 0 Å². The Bertz CT molecular complexity index is 594. The van der Waals surface area contributed by atoms with E-state index in [0.717, 1.165) is 30.5 Å². The van der Waals surface area contributed by atoms with Crippen molar-refractivity contribution in [3.8, 4) is 0 Å². The monoisotopic (exact) mass is 345 g/mol. The van der Waals surface area contributed by atoms with E-state index in [2.05, 4.69) is 16.0 Å². The van der Waals surface area contributed by atoms with E-state index in [4.69, 9.17) is 0 Å². The quantitative estimate of drug-likeness (QED) is 0.569. The van der Waals surface area contributed by atoms with Crippen molar-refractivity contribution in [3.05, 3.63) is 29.8 Å². The fourth-order valence-corrected chi connectivity index (χ4v) is 2.40. The Morgan fingerprint density at radius 2 is 1.72 bits per heavy atom. The predicted molar refractivity (Wildman–Crippen MR) is 96.8 cm³/mol. The first kappa shape index (κ1) is 19.0. The highest BCUT2D eigenvalue weighted by Gasteiger charge is 2.28. The van der Waals surface area contributed by atoms with E-state index in [0.29, 0.717) is 32.4 Å². The summed E-state index contributed by atoms with van der Waals surface area (Å²) in [4.78, 5) is 34.8. The molecule has 6 nitrogen and oxygen atoms in total. The maximum Gasteiger partial charge on any atom is 0.224 e. The maximum atomic E-state index is 11.8. The number of anilines is 1. The number of hydrogen-bond donors (Lipinski definition) is 3. The minimum Gasteiger partial charge on any atom is -0.356 e. The van der Waals surface area contributed by atoms with Gasteiger partial charge in [0.15, 0.2) is 0 Å². The minimum absolute atomic E-state index is 0.0114. The molecule has 6 heteroatoms. The second-order valence-electron chi connectivity index (χ2n) is 6.44. The molecule has 136 valence electrons. The first-order valence-corrected chi connectivity index (χ1v) is 9.01. The number of benzene rings is 1. The van der Waals surface area contributed by atoms with Gasteiger partial charge in [0.25, 0.3) is 0 Å². The Kier molecular flexibility index (Phi) is 7.44. The summed E-state index contributed by atoms with van der Waals surface area (Å²) in [6, 6.07) is 7.44. The van der Waals surface area contributed by atoms with E-state index < -0.39 is 0 Å². The van der Waals surface area contributed by atoms with Gasteiger partial charge in [-0.1, -0.05) is 19.1 Å². The molecule has 0 aromatic heterocycles. The Morgan fingerprint density at radius 3 is 2.36 bits per heavy atom. The van der Waals surface area contributed by atoms with Crippen molar-refractivity contribution in [1.29, 1.82) is 0 Å². The van der Waals surface area contributed by atoms with Crippen LogP contribution in [0.4, 0.5) is 5.69 Å². The molecule has 1 aromatic carbocycles. The summed E-state index contributed by atoms with van der Waals surface area (Å²) >= 11 is 0. The standard InChI is InChI=1S/C19H27N3O3/c1-2-4-18(24)22-16-10-6-14(7-11-16)13-21-17(23)5-3-12-20-19(25)15-8-9-15/h6-7,10-11,15H,2-5,8-9,12-13H2,1H3,(H,20,25)(H,21,23)(H,22,24). The van der Waals surface area contributed by atoms with E-state index >= 15 is 0 Å². The average Bonchev–Trinajstić information content (AvgIpc) is 3.43. The van der Waals surface area contributed by atoms with Gasteiger partial charge < -0.3 is 16.0 Å². The number of nitrogens with one attached hydrogen (secondary N) is 3. The molecule has 0 bridgehead atoms. The number of rotatable bonds is 10. The molecule has 3 N–H and O–H groups in total. The zero-order chi connectivity index (χ0) is 18.1. The van der Waals surface area contributed by atoms with E-state index in [1.807, 2.05) is 31.2 Å². The third kappa shape index (κ3) is 7.37. The van der Waals surface area contributed by atoms with Crippen LogP contribution in [0, 0.1) is 5.92 Å². The normalized spacial score (nSPS) is 13.2. The first-order valence-electron chi connectivity index (χ1n) is 9.01. The molecule has 0 saturated heterocycles. The van der Waals surface area contributed by atoms with Crippen LogP contribution in [-0.2, 0) is 20.9 Å². The molecule has 3 amide bonds. The van der Waals surface area contributed by atoms with E-state index in [-0.39, 0.29) is 23.6 Å². The molecule has 0 unspecified atom stereocenters. The van der Waals surface area contributed by atoms with Crippen molar-refractivity contribution in [2.24, 2.45) is 5.92 Å². The SMILES string of the molecule is CCCC(=O)Nc1ccc(CNC(=O)CCCNC(=O)C2CC2)cc1. The number of hydrogen-bond acceptors (Lipinski definition) is 3. The molecule has 1 fully saturated rings. The molecule has 1 aromatic rings. The lowest BCUT2D eigenvalue weighted by Gasteiger charge is -2.08. The van der Waals surface area contributed by atoms with Gasteiger partial charge in [-0.2, -0.15) is 0 Å². The number of carbonyl (C=O) groups is 3. The van der Waals surface area contributed by atoms with Crippen LogP contribution >= 0.6 is 0 Å². The molecule has 0 spiro atoms. The smallest absolute Gasteiger partial charge is 0.224 e. The highest BCUT2D eigenvalue weighted by atomic mass is 16.2. The maximum absolute atomic E-state index is 11.8. The van der Waals surface area contributed by atoms with Crippen molar-refractivity contribution in [2.75, 3.05) is 11.9 Å². The average molecular weight is 345 g/mol. The van der Waals surface area contributed by atoms with Gasteiger partial charge in [-0.15, -0.1) is 0 Å². The zero-order valence-corrected chi connectivity index (χ0v) is 14.8. The highest BCUT2D eigenvalue weighted by Crippen LogP contribution is 2.28. The van der Waals surface area contributed by atoms with Crippen LogP contribution in [0.5, 0.6) is 0 Å². The number of carbonyl (C=O) groups excluding carboxylic acids is 3. The molecular formula is C19H27N3O3. The van der Waals surface area contributed by atoms with E-state index in [1.54, 1.807) is 0 Å². The molecule has 0 radical (unpaired) electrons. The lowest BCUT2D eigenvalue weighted by atomic mass is 10.2. The van der Waals surface area contributed by atoms with Gasteiger partial charge in [0, 0.05) is 37.5 Å². The largest absolute Gasteiger partial charge is 0.356 e.